The molecule has 1 aliphatic heterocycles. The average molecular weight is 389 g/mol. The number of nitrogens with one attached hydrogen (secondary N) is 1. The molecule has 3 aromatic rings. The summed E-state index contributed by atoms with van der Waals surface area (Å²) in [6.07, 6.45) is 0.353. The molecule has 29 heavy (non-hydrogen) atoms. The first-order chi connectivity index (χ1) is 14.3. The molecule has 148 valence electrons. The van der Waals surface area contributed by atoms with E-state index in [1.54, 1.807) is 7.11 Å². The Labute approximate surface area is 170 Å². The standard InChI is InChI=1S/C24H23NO4/c1-27-22-12-6-7-13-23(22)28-15-14-25-24(26)16-19-17-8-2-4-10-20(17)29-21-11-5-3-9-18(19)21/h2-13,19H,14-16H2,1H3,(H,25,26). The van der Waals surface area contributed by atoms with Crippen molar-refractivity contribution in [2.75, 3.05) is 20.3 Å². The molecular formula is C24H23NO4. The normalized spacial score (nSPS) is 12.3. The monoisotopic (exact) mass is 389 g/mol. The van der Waals surface area contributed by atoms with E-state index in [1.807, 2.05) is 72.8 Å². The highest BCUT2D eigenvalue weighted by molar-refractivity contribution is 5.78. The Balaban J connectivity index is 1.38. The van der Waals surface area contributed by atoms with Crippen LogP contribution in [-0.4, -0.2) is 26.2 Å². The fraction of sp³-hybridized carbons (Fsp3) is 0.208. The minimum atomic E-state index is -0.0358. The van der Waals surface area contributed by atoms with Crippen LogP contribution in [0.3, 0.4) is 0 Å². The number of fused-ring (bicyclic) bond motifs is 2. The fourth-order valence-electron chi connectivity index (χ4n) is 3.58. The van der Waals surface area contributed by atoms with Gasteiger partial charge in [-0.2, -0.15) is 0 Å². The molecule has 0 saturated heterocycles. The maximum Gasteiger partial charge on any atom is 0.221 e. The van der Waals surface area contributed by atoms with Gasteiger partial charge in [-0.3, -0.25) is 4.79 Å². The quantitative estimate of drug-likeness (QED) is 0.604. The molecule has 5 nitrogen and oxygen atoms in total. The van der Waals surface area contributed by atoms with Gasteiger partial charge in [0.05, 0.1) is 13.7 Å². The van der Waals surface area contributed by atoms with Crippen molar-refractivity contribution in [1.82, 2.24) is 5.32 Å². The van der Waals surface area contributed by atoms with Gasteiger partial charge >= 0.3 is 0 Å². The first-order valence-electron chi connectivity index (χ1n) is 9.64. The van der Waals surface area contributed by atoms with Crippen LogP contribution >= 0.6 is 0 Å². The summed E-state index contributed by atoms with van der Waals surface area (Å²) < 4.78 is 17.0. The van der Waals surface area contributed by atoms with Crippen molar-refractivity contribution in [2.45, 2.75) is 12.3 Å². The number of rotatable bonds is 7. The van der Waals surface area contributed by atoms with E-state index in [0.29, 0.717) is 31.1 Å². The molecule has 1 amide bonds. The van der Waals surface area contributed by atoms with Crippen LogP contribution in [0.4, 0.5) is 0 Å². The number of para-hydroxylation sites is 4. The van der Waals surface area contributed by atoms with Crippen LogP contribution in [0.25, 0.3) is 0 Å². The van der Waals surface area contributed by atoms with Crippen molar-refractivity contribution in [3.05, 3.63) is 83.9 Å². The molecule has 0 atom stereocenters. The molecule has 0 unspecified atom stereocenters. The van der Waals surface area contributed by atoms with Gasteiger partial charge in [-0.25, -0.2) is 0 Å². The molecule has 0 spiro atoms. The second-order valence-electron chi connectivity index (χ2n) is 6.78. The Morgan fingerprint density at radius 3 is 2.14 bits per heavy atom. The predicted molar refractivity (Wildman–Crippen MR) is 111 cm³/mol. The lowest BCUT2D eigenvalue weighted by molar-refractivity contribution is -0.121. The molecule has 0 aromatic heterocycles. The summed E-state index contributed by atoms with van der Waals surface area (Å²) in [4.78, 5) is 12.6. The molecule has 4 rings (SSSR count). The van der Waals surface area contributed by atoms with Crippen LogP contribution < -0.4 is 19.5 Å². The number of amides is 1. The van der Waals surface area contributed by atoms with E-state index in [2.05, 4.69) is 5.32 Å². The molecular weight excluding hydrogens is 366 g/mol. The summed E-state index contributed by atoms with van der Waals surface area (Å²) in [6.45, 7) is 0.788. The molecule has 1 N–H and O–H groups in total. The van der Waals surface area contributed by atoms with Crippen molar-refractivity contribution >= 4 is 5.91 Å². The van der Waals surface area contributed by atoms with Gasteiger partial charge in [0.1, 0.15) is 18.1 Å². The van der Waals surface area contributed by atoms with Crippen molar-refractivity contribution in [3.63, 3.8) is 0 Å². The molecule has 0 aliphatic carbocycles. The van der Waals surface area contributed by atoms with Crippen LogP contribution in [0, 0.1) is 0 Å². The summed E-state index contributed by atoms with van der Waals surface area (Å²) in [6, 6.07) is 23.2. The summed E-state index contributed by atoms with van der Waals surface area (Å²) >= 11 is 0. The third-order valence-electron chi connectivity index (χ3n) is 4.95. The van der Waals surface area contributed by atoms with Gasteiger partial charge in [0.25, 0.3) is 0 Å². The van der Waals surface area contributed by atoms with Crippen molar-refractivity contribution in [2.24, 2.45) is 0 Å². The van der Waals surface area contributed by atoms with Crippen molar-refractivity contribution in [3.8, 4) is 23.0 Å². The minimum absolute atomic E-state index is 0.0230. The maximum absolute atomic E-state index is 12.6. The summed E-state index contributed by atoms with van der Waals surface area (Å²) in [5.74, 6) is 2.90. The van der Waals surface area contributed by atoms with E-state index in [-0.39, 0.29) is 11.8 Å². The molecule has 5 heteroatoms. The van der Waals surface area contributed by atoms with E-state index in [1.165, 1.54) is 0 Å². The highest BCUT2D eigenvalue weighted by atomic mass is 16.5. The Hall–Kier alpha value is -3.47. The number of carbonyl (C=O) groups excluding carboxylic acids is 1. The van der Waals surface area contributed by atoms with Crippen LogP contribution in [0.5, 0.6) is 23.0 Å². The molecule has 3 aromatic carbocycles. The van der Waals surface area contributed by atoms with Gasteiger partial charge in [-0.05, 0) is 24.3 Å². The highest BCUT2D eigenvalue weighted by Gasteiger charge is 2.28. The zero-order chi connectivity index (χ0) is 20.1. The van der Waals surface area contributed by atoms with Crippen molar-refractivity contribution < 1.29 is 19.0 Å². The Bertz CT molecular complexity index is 956. The molecule has 0 saturated carbocycles. The van der Waals surface area contributed by atoms with Gasteiger partial charge in [-0.15, -0.1) is 0 Å². The second-order valence-corrected chi connectivity index (χ2v) is 6.78. The molecule has 0 fully saturated rings. The number of carbonyl (C=O) groups is 1. The van der Waals surface area contributed by atoms with Gasteiger partial charge in [0.2, 0.25) is 5.91 Å². The number of methoxy groups -OCH3 is 1. The summed E-state index contributed by atoms with van der Waals surface area (Å²) in [5.41, 5.74) is 2.07. The average Bonchev–Trinajstić information content (AvgIpc) is 2.77. The van der Waals surface area contributed by atoms with E-state index in [0.717, 1.165) is 22.6 Å². The summed E-state index contributed by atoms with van der Waals surface area (Å²) in [5, 5.41) is 2.95. The third kappa shape index (κ3) is 4.19. The Morgan fingerprint density at radius 1 is 0.897 bits per heavy atom. The van der Waals surface area contributed by atoms with Gasteiger partial charge in [0.15, 0.2) is 11.5 Å². The zero-order valence-corrected chi connectivity index (χ0v) is 16.3. The van der Waals surface area contributed by atoms with Crippen LogP contribution in [0.2, 0.25) is 0 Å². The highest BCUT2D eigenvalue weighted by Crippen LogP contribution is 2.45. The first-order valence-corrected chi connectivity index (χ1v) is 9.64. The number of hydrogen-bond acceptors (Lipinski definition) is 4. The largest absolute Gasteiger partial charge is 0.493 e. The smallest absolute Gasteiger partial charge is 0.221 e. The van der Waals surface area contributed by atoms with Gasteiger partial charge in [0, 0.05) is 23.5 Å². The van der Waals surface area contributed by atoms with Crippen molar-refractivity contribution in [1.29, 1.82) is 0 Å². The molecule has 0 bridgehead atoms. The first kappa shape index (κ1) is 18.9. The van der Waals surface area contributed by atoms with E-state index in [9.17, 15) is 4.79 Å². The number of benzene rings is 3. The number of hydrogen-bond donors (Lipinski definition) is 1. The van der Waals surface area contributed by atoms with Gasteiger partial charge in [-0.1, -0.05) is 48.5 Å². The molecule has 1 aliphatic rings. The molecule has 0 radical (unpaired) electrons. The van der Waals surface area contributed by atoms with E-state index in [4.69, 9.17) is 14.2 Å². The van der Waals surface area contributed by atoms with Crippen LogP contribution in [0.15, 0.2) is 72.8 Å². The van der Waals surface area contributed by atoms with E-state index >= 15 is 0 Å². The zero-order valence-electron chi connectivity index (χ0n) is 16.3. The van der Waals surface area contributed by atoms with Gasteiger partial charge < -0.3 is 19.5 Å². The molecule has 1 heterocycles. The minimum Gasteiger partial charge on any atom is -0.493 e. The lowest BCUT2D eigenvalue weighted by Crippen LogP contribution is -2.30. The predicted octanol–water partition coefficient (Wildman–Crippen LogP) is 4.52. The second kappa shape index (κ2) is 8.69. The third-order valence-corrected chi connectivity index (χ3v) is 4.95. The SMILES string of the molecule is COc1ccccc1OCCNC(=O)CC1c2ccccc2Oc2ccccc21. The van der Waals surface area contributed by atoms with Crippen LogP contribution in [0.1, 0.15) is 23.5 Å². The lowest BCUT2D eigenvalue weighted by Gasteiger charge is -2.27. The maximum atomic E-state index is 12.6. The van der Waals surface area contributed by atoms with Crippen LogP contribution in [-0.2, 0) is 4.79 Å². The lowest BCUT2D eigenvalue weighted by atomic mass is 9.85. The van der Waals surface area contributed by atoms with E-state index < -0.39 is 0 Å². The topological polar surface area (TPSA) is 56.8 Å². The number of ether oxygens (including phenoxy) is 3. The fourth-order valence-corrected chi connectivity index (χ4v) is 3.58. The Morgan fingerprint density at radius 2 is 1.48 bits per heavy atom. The summed E-state index contributed by atoms with van der Waals surface area (Å²) in [7, 11) is 1.60. The Kier molecular flexibility index (Phi) is 5.66.